The number of hydrogen-bond donors (Lipinski definition) is 1. The third-order valence-corrected chi connectivity index (χ3v) is 6.51. The molecular weight excluding hydrogens is 414 g/mol. The average Bonchev–Trinajstić information content (AvgIpc) is 3.40. The largest absolute Gasteiger partial charge is 0.337 e. The van der Waals surface area contributed by atoms with Crippen LogP contribution in [-0.2, 0) is 16.6 Å². The lowest BCUT2D eigenvalue weighted by Crippen LogP contribution is -2.32. The maximum atomic E-state index is 12.8. The monoisotopic (exact) mass is 439 g/mol. The lowest BCUT2D eigenvalue weighted by atomic mass is 10.1. The topological polar surface area (TPSA) is 103 Å². The van der Waals surface area contributed by atoms with Gasteiger partial charge >= 0.3 is 0 Å². The molecule has 8 nitrogen and oxygen atoms in total. The average molecular weight is 440 g/mol. The van der Waals surface area contributed by atoms with Gasteiger partial charge in [0.25, 0.3) is 0 Å². The number of nitrogens with zero attached hydrogens (tertiary/aromatic N) is 4. The second-order valence-electron chi connectivity index (χ2n) is 7.75. The Morgan fingerprint density at radius 2 is 1.90 bits per heavy atom. The summed E-state index contributed by atoms with van der Waals surface area (Å²) < 4.78 is 35.8. The van der Waals surface area contributed by atoms with E-state index in [1.807, 2.05) is 38.4 Å². The van der Waals surface area contributed by atoms with Crippen LogP contribution in [0.5, 0.6) is 0 Å². The highest BCUT2D eigenvalue weighted by Crippen LogP contribution is 2.27. The third-order valence-electron chi connectivity index (χ3n) is 5.05. The number of imidazole rings is 1. The van der Waals surface area contributed by atoms with Gasteiger partial charge in [-0.3, -0.25) is 0 Å². The number of aryl methyl sites for hydroxylation is 1. The zero-order valence-electron chi connectivity index (χ0n) is 17.7. The maximum absolute atomic E-state index is 12.8. The Balaban J connectivity index is 1.62. The molecule has 0 bridgehead atoms. The summed E-state index contributed by atoms with van der Waals surface area (Å²) in [5, 5.41) is 4.09. The van der Waals surface area contributed by atoms with Gasteiger partial charge in [0.2, 0.25) is 21.7 Å². The van der Waals surface area contributed by atoms with Gasteiger partial charge in [-0.15, -0.1) is 0 Å². The number of sulfonamides is 1. The first-order valence-electron chi connectivity index (χ1n) is 10.3. The molecule has 0 saturated carbocycles. The van der Waals surface area contributed by atoms with E-state index in [9.17, 15) is 8.42 Å². The number of nitrogens with one attached hydrogen (secondary N) is 1. The number of aromatic nitrogens is 4. The smallest absolute Gasteiger partial charge is 0.245 e. The van der Waals surface area contributed by atoms with Crippen molar-refractivity contribution in [2.45, 2.75) is 44.7 Å². The molecule has 0 fully saturated rings. The molecule has 4 rings (SSSR count). The minimum absolute atomic E-state index is 0.0981. The SMILES string of the molecule is CCCn1cnc2cc(-c3noc(C(NS(=O)(=O)c4ccccc4)C(C)C)n3)ccc21. The molecule has 0 aliphatic carbocycles. The highest BCUT2D eigenvalue weighted by Gasteiger charge is 2.28. The summed E-state index contributed by atoms with van der Waals surface area (Å²) in [6.45, 7) is 6.82. The first kappa shape index (κ1) is 21.2. The second kappa shape index (κ2) is 8.60. The molecule has 1 atom stereocenters. The van der Waals surface area contributed by atoms with Gasteiger partial charge in [0, 0.05) is 12.1 Å². The standard InChI is InChI=1S/C22H25N5O3S/c1-4-12-27-14-23-18-13-16(10-11-19(18)27)21-24-22(30-25-21)20(15(2)3)26-31(28,29)17-8-6-5-7-9-17/h5-11,13-15,20,26H,4,12H2,1-3H3. The van der Waals surface area contributed by atoms with Crippen LogP contribution in [-0.4, -0.2) is 28.1 Å². The lowest BCUT2D eigenvalue weighted by molar-refractivity contribution is 0.311. The van der Waals surface area contributed by atoms with Crippen molar-refractivity contribution < 1.29 is 12.9 Å². The van der Waals surface area contributed by atoms with Crippen LogP contribution in [0.3, 0.4) is 0 Å². The summed E-state index contributed by atoms with van der Waals surface area (Å²) in [6, 6.07) is 13.4. The van der Waals surface area contributed by atoms with Crippen LogP contribution in [0.4, 0.5) is 0 Å². The molecule has 0 aliphatic heterocycles. The molecule has 1 unspecified atom stereocenters. The fourth-order valence-corrected chi connectivity index (χ4v) is 4.77. The van der Waals surface area contributed by atoms with Gasteiger partial charge in [-0.25, -0.2) is 13.4 Å². The minimum Gasteiger partial charge on any atom is -0.337 e. The molecule has 4 aromatic rings. The van der Waals surface area contributed by atoms with Gasteiger partial charge in [-0.05, 0) is 42.7 Å². The third kappa shape index (κ3) is 4.38. The first-order valence-corrected chi connectivity index (χ1v) is 11.7. The van der Waals surface area contributed by atoms with Gasteiger partial charge in [0.1, 0.15) is 6.04 Å². The number of benzene rings is 2. The van der Waals surface area contributed by atoms with Crippen LogP contribution in [0.2, 0.25) is 0 Å². The van der Waals surface area contributed by atoms with Crippen LogP contribution in [0.1, 0.15) is 39.1 Å². The quantitative estimate of drug-likeness (QED) is 0.442. The van der Waals surface area contributed by atoms with E-state index < -0.39 is 16.1 Å². The van der Waals surface area contributed by atoms with Crippen molar-refractivity contribution in [1.29, 1.82) is 0 Å². The molecule has 9 heteroatoms. The molecule has 0 radical (unpaired) electrons. The Kier molecular flexibility index (Phi) is 5.88. The summed E-state index contributed by atoms with van der Waals surface area (Å²) >= 11 is 0. The molecule has 31 heavy (non-hydrogen) atoms. The highest BCUT2D eigenvalue weighted by atomic mass is 32.2. The van der Waals surface area contributed by atoms with Crippen LogP contribution < -0.4 is 4.72 Å². The summed E-state index contributed by atoms with van der Waals surface area (Å²) in [6.07, 6.45) is 2.85. The van der Waals surface area contributed by atoms with Gasteiger partial charge in [-0.2, -0.15) is 9.71 Å². The summed E-state index contributed by atoms with van der Waals surface area (Å²) in [5.74, 6) is 0.520. The van der Waals surface area contributed by atoms with E-state index in [0.29, 0.717) is 5.82 Å². The Bertz CT molecular complexity index is 1280. The van der Waals surface area contributed by atoms with E-state index in [1.165, 1.54) is 0 Å². The summed E-state index contributed by atoms with van der Waals surface area (Å²) in [4.78, 5) is 9.14. The van der Waals surface area contributed by atoms with Crippen molar-refractivity contribution >= 4 is 21.1 Å². The Morgan fingerprint density at radius 1 is 1.13 bits per heavy atom. The molecule has 162 valence electrons. The lowest BCUT2D eigenvalue weighted by Gasteiger charge is -2.18. The Morgan fingerprint density at radius 3 is 2.61 bits per heavy atom. The molecule has 0 amide bonds. The van der Waals surface area contributed by atoms with Gasteiger partial charge < -0.3 is 9.09 Å². The zero-order chi connectivity index (χ0) is 22.0. The fraction of sp³-hybridized carbons (Fsp3) is 0.318. The summed E-state index contributed by atoms with van der Waals surface area (Å²) in [5.41, 5.74) is 2.66. The van der Waals surface area contributed by atoms with E-state index in [0.717, 1.165) is 29.6 Å². The molecular formula is C22H25N5O3S. The number of hydrogen-bond acceptors (Lipinski definition) is 6. The van der Waals surface area contributed by atoms with Crippen molar-refractivity contribution in [3.05, 3.63) is 60.7 Å². The molecule has 0 aliphatic rings. The van der Waals surface area contributed by atoms with Crippen LogP contribution >= 0.6 is 0 Å². The van der Waals surface area contributed by atoms with Gasteiger partial charge in [0.05, 0.1) is 22.3 Å². The zero-order valence-corrected chi connectivity index (χ0v) is 18.5. The van der Waals surface area contributed by atoms with E-state index >= 15 is 0 Å². The Hall–Kier alpha value is -3.04. The predicted octanol–water partition coefficient (Wildman–Crippen LogP) is 4.17. The van der Waals surface area contributed by atoms with Crippen molar-refractivity contribution in [1.82, 2.24) is 24.4 Å². The first-order chi connectivity index (χ1) is 14.9. The number of fused-ring (bicyclic) bond motifs is 1. The van der Waals surface area contributed by atoms with Crippen LogP contribution in [0.15, 0.2) is 64.3 Å². The van der Waals surface area contributed by atoms with Crippen molar-refractivity contribution in [2.75, 3.05) is 0 Å². The fourth-order valence-electron chi connectivity index (χ4n) is 3.41. The van der Waals surface area contributed by atoms with Crippen molar-refractivity contribution in [2.24, 2.45) is 5.92 Å². The normalized spacial score (nSPS) is 13.2. The summed E-state index contributed by atoms with van der Waals surface area (Å²) in [7, 11) is -3.73. The highest BCUT2D eigenvalue weighted by molar-refractivity contribution is 7.89. The molecule has 2 aromatic carbocycles. The molecule has 2 heterocycles. The van der Waals surface area contributed by atoms with E-state index in [1.54, 1.807) is 30.3 Å². The van der Waals surface area contributed by atoms with Gasteiger partial charge in [0.15, 0.2) is 0 Å². The predicted molar refractivity (Wildman–Crippen MR) is 118 cm³/mol. The second-order valence-corrected chi connectivity index (χ2v) is 9.47. The van der Waals surface area contributed by atoms with Gasteiger partial charge in [-0.1, -0.05) is 44.1 Å². The van der Waals surface area contributed by atoms with Crippen molar-refractivity contribution in [3.63, 3.8) is 0 Å². The van der Waals surface area contributed by atoms with E-state index in [4.69, 9.17) is 4.52 Å². The molecule has 0 saturated heterocycles. The van der Waals surface area contributed by atoms with E-state index in [2.05, 4.69) is 31.3 Å². The Labute approximate surface area is 181 Å². The van der Waals surface area contributed by atoms with Crippen LogP contribution in [0.25, 0.3) is 22.4 Å². The number of rotatable bonds is 8. The maximum Gasteiger partial charge on any atom is 0.245 e. The van der Waals surface area contributed by atoms with Crippen LogP contribution in [0, 0.1) is 5.92 Å². The van der Waals surface area contributed by atoms with E-state index in [-0.39, 0.29) is 16.7 Å². The molecule has 1 N–H and O–H groups in total. The minimum atomic E-state index is -3.73. The van der Waals surface area contributed by atoms with Crippen molar-refractivity contribution in [3.8, 4) is 11.4 Å². The molecule has 0 spiro atoms. The molecule has 2 aromatic heterocycles.